The fourth-order valence-corrected chi connectivity index (χ4v) is 1.81. The third-order valence-corrected chi connectivity index (χ3v) is 3.18. The molecule has 2 nitrogen and oxygen atoms in total. The maximum absolute atomic E-state index is 5.66. The van der Waals surface area contributed by atoms with Crippen LogP contribution in [0.5, 0.6) is 0 Å². The van der Waals surface area contributed by atoms with Gasteiger partial charge in [-0.3, -0.25) is 0 Å². The highest BCUT2D eigenvalue weighted by Gasteiger charge is 2.02. The Bertz CT molecular complexity index is 293. The van der Waals surface area contributed by atoms with Crippen molar-refractivity contribution in [3.05, 3.63) is 35.4 Å². The van der Waals surface area contributed by atoms with Gasteiger partial charge in [-0.25, -0.2) is 0 Å². The molecule has 0 fully saturated rings. The molecule has 90 valence electrons. The van der Waals surface area contributed by atoms with E-state index >= 15 is 0 Å². The summed E-state index contributed by atoms with van der Waals surface area (Å²) < 4.78 is 0. The molecule has 1 aromatic rings. The quantitative estimate of drug-likeness (QED) is 0.691. The van der Waals surface area contributed by atoms with Crippen molar-refractivity contribution in [3.63, 3.8) is 0 Å². The van der Waals surface area contributed by atoms with Gasteiger partial charge in [0.1, 0.15) is 0 Å². The van der Waals surface area contributed by atoms with Crippen LogP contribution in [0.4, 0.5) is 0 Å². The summed E-state index contributed by atoms with van der Waals surface area (Å²) in [7, 11) is 0. The molecule has 0 aliphatic heterocycles. The van der Waals surface area contributed by atoms with Crippen LogP contribution in [0, 0.1) is 12.8 Å². The van der Waals surface area contributed by atoms with Crippen LogP contribution in [0.25, 0.3) is 0 Å². The predicted molar refractivity (Wildman–Crippen MR) is 70.6 cm³/mol. The van der Waals surface area contributed by atoms with Gasteiger partial charge in [0.05, 0.1) is 0 Å². The van der Waals surface area contributed by atoms with E-state index in [0.29, 0.717) is 5.92 Å². The average molecular weight is 220 g/mol. The fourth-order valence-electron chi connectivity index (χ4n) is 1.81. The summed E-state index contributed by atoms with van der Waals surface area (Å²) in [5.74, 6) is 0.622. The van der Waals surface area contributed by atoms with E-state index in [0.717, 1.165) is 32.5 Å². The molecular formula is C14H24N2. The van der Waals surface area contributed by atoms with Gasteiger partial charge in [-0.1, -0.05) is 37.6 Å². The van der Waals surface area contributed by atoms with Crippen molar-refractivity contribution in [3.8, 4) is 0 Å². The standard InChI is InChI=1S/C14H24N2/c1-3-13(10-15)11-16-9-8-14-7-5-4-6-12(14)2/h4-7,13,16H,3,8-11,15H2,1-2H3. The van der Waals surface area contributed by atoms with Crippen molar-refractivity contribution >= 4 is 0 Å². The molecule has 2 heteroatoms. The molecule has 3 N–H and O–H groups in total. The molecule has 0 radical (unpaired) electrons. The summed E-state index contributed by atoms with van der Waals surface area (Å²) in [6, 6.07) is 8.58. The van der Waals surface area contributed by atoms with E-state index in [9.17, 15) is 0 Å². The minimum Gasteiger partial charge on any atom is -0.330 e. The number of nitrogens with one attached hydrogen (secondary N) is 1. The summed E-state index contributed by atoms with van der Waals surface area (Å²) in [5.41, 5.74) is 8.49. The lowest BCUT2D eigenvalue weighted by Gasteiger charge is -2.13. The minimum atomic E-state index is 0.622. The zero-order valence-corrected chi connectivity index (χ0v) is 10.5. The van der Waals surface area contributed by atoms with Crippen molar-refractivity contribution < 1.29 is 0 Å². The maximum Gasteiger partial charge on any atom is -0.000813 e. The molecule has 0 aliphatic rings. The van der Waals surface area contributed by atoms with Crippen LogP contribution in [0.1, 0.15) is 24.5 Å². The summed E-state index contributed by atoms with van der Waals surface area (Å²) in [5, 5.41) is 3.48. The summed E-state index contributed by atoms with van der Waals surface area (Å²) in [6.45, 7) is 7.23. The van der Waals surface area contributed by atoms with Crippen molar-refractivity contribution in [2.45, 2.75) is 26.7 Å². The second-order valence-electron chi connectivity index (χ2n) is 4.39. The first-order valence-corrected chi connectivity index (χ1v) is 6.23. The lowest BCUT2D eigenvalue weighted by atomic mass is 10.1. The van der Waals surface area contributed by atoms with Gasteiger partial charge >= 0.3 is 0 Å². The first-order chi connectivity index (χ1) is 7.77. The van der Waals surface area contributed by atoms with Gasteiger partial charge in [-0.05, 0) is 50.0 Å². The number of hydrogen-bond acceptors (Lipinski definition) is 2. The summed E-state index contributed by atoms with van der Waals surface area (Å²) >= 11 is 0. The molecule has 16 heavy (non-hydrogen) atoms. The topological polar surface area (TPSA) is 38.0 Å². The number of rotatable bonds is 7. The second kappa shape index (κ2) is 7.42. The molecule has 0 saturated heterocycles. The van der Waals surface area contributed by atoms with E-state index in [2.05, 4.69) is 43.4 Å². The molecule has 1 unspecified atom stereocenters. The Morgan fingerprint density at radius 1 is 1.31 bits per heavy atom. The van der Waals surface area contributed by atoms with E-state index in [1.807, 2.05) is 0 Å². The van der Waals surface area contributed by atoms with E-state index < -0.39 is 0 Å². The van der Waals surface area contributed by atoms with Crippen molar-refractivity contribution in [1.82, 2.24) is 5.32 Å². The molecule has 1 rings (SSSR count). The van der Waals surface area contributed by atoms with Gasteiger partial charge in [0.25, 0.3) is 0 Å². The highest BCUT2D eigenvalue weighted by molar-refractivity contribution is 5.25. The van der Waals surface area contributed by atoms with Crippen LogP contribution in [0.3, 0.4) is 0 Å². The Kier molecular flexibility index (Phi) is 6.12. The van der Waals surface area contributed by atoms with Crippen molar-refractivity contribution in [2.24, 2.45) is 11.7 Å². The molecule has 1 atom stereocenters. The van der Waals surface area contributed by atoms with Gasteiger partial charge < -0.3 is 11.1 Å². The van der Waals surface area contributed by atoms with Gasteiger partial charge in [-0.2, -0.15) is 0 Å². The molecule has 0 spiro atoms. The van der Waals surface area contributed by atoms with Crippen LogP contribution >= 0.6 is 0 Å². The summed E-state index contributed by atoms with van der Waals surface area (Å²) in [4.78, 5) is 0. The molecule has 0 heterocycles. The fraction of sp³-hybridized carbons (Fsp3) is 0.571. The maximum atomic E-state index is 5.66. The summed E-state index contributed by atoms with van der Waals surface area (Å²) in [6.07, 6.45) is 2.27. The SMILES string of the molecule is CCC(CN)CNCCc1ccccc1C. The number of nitrogens with two attached hydrogens (primary N) is 1. The monoisotopic (exact) mass is 220 g/mol. The van der Waals surface area contributed by atoms with Crippen molar-refractivity contribution in [2.75, 3.05) is 19.6 Å². The minimum absolute atomic E-state index is 0.622. The Hall–Kier alpha value is -0.860. The highest BCUT2D eigenvalue weighted by Crippen LogP contribution is 2.07. The highest BCUT2D eigenvalue weighted by atomic mass is 14.9. The van der Waals surface area contributed by atoms with Crippen LogP contribution in [-0.2, 0) is 6.42 Å². The Morgan fingerprint density at radius 2 is 2.06 bits per heavy atom. The molecule has 0 amide bonds. The first kappa shape index (κ1) is 13.2. The molecule has 1 aromatic carbocycles. The average Bonchev–Trinajstić information content (AvgIpc) is 2.31. The predicted octanol–water partition coefficient (Wildman–Crippen LogP) is 2.11. The Morgan fingerprint density at radius 3 is 2.69 bits per heavy atom. The molecular weight excluding hydrogens is 196 g/mol. The van der Waals surface area contributed by atoms with Gasteiger partial charge in [0.2, 0.25) is 0 Å². The lowest BCUT2D eigenvalue weighted by molar-refractivity contribution is 0.473. The van der Waals surface area contributed by atoms with Crippen LogP contribution in [0.15, 0.2) is 24.3 Å². The van der Waals surface area contributed by atoms with E-state index in [-0.39, 0.29) is 0 Å². The van der Waals surface area contributed by atoms with E-state index in [1.54, 1.807) is 0 Å². The van der Waals surface area contributed by atoms with E-state index in [4.69, 9.17) is 5.73 Å². The number of benzene rings is 1. The molecule has 0 aromatic heterocycles. The number of aryl methyl sites for hydroxylation is 1. The smallest absolute Gasteiger partial charge is 0.000813 e. The second-order valence-corrected chi connectivity index (χ2v) is 4.39. The molecule has 0 aliphatic carbocycles. The van der Waals surface area contributed by atoms with Gasteiger partial charge in [0, 0.05) is 0 Å². The van der Waals surface area contributed by atoms with Crippen LogP contribution in [-0.4, -0.2) is 19.6 Å². The van der Waals surface area contributed by atoms with E-state index in [1.165, 1.54) is 11.1 Å². The third kappa shape index (κ3) is 4.33. The zero-order valence-electron chi connectivity index (χ0n) is 10.5. The Labute approximate surface area is 99.2 Å². The van der Waals surface area contributed by atoms with Crippen LogP contribution in [0.2, 0.25) is 0 Å². The van der Waals surface area contributed by atoms with Gasteiger partial charge in [-0.15, -0.1) is 0 Å². The lowest BCUT2D eigenvalue weighted by Crippen LogP contribution is -2.29. The molecule has 0 bridgehead atoms. The van der Waals surface area contributed by atoms with Crippen LogP contribution < -0.4 is 11.1 Å². The molecule has 0 saturated carbocycles. The number of hydrogen-bond donors (Lipinski definition) is 2. The van der Waals surface area contributed by atoms with Gasteiger partial charge in [0.15, 0.2) is 0 Å². The normalized spacial score (nSPS) is 12.7. The third-order valence-electron chi connectivity index (χ3n) is 3.18. The van der Waals surface area contributed by atoms with Crippen molar-refractivity contribution in [1.29, 1.82) is 0 Å². The zero-order chi connectivity index (χ0) is 11.8. The first-order valence-electron chi connectivity index (χ1n) is 6.23. The Balaban J connectivity index is 2.23. The largest absolute Gasteiger partial charge is 0.330 e.